The maximum absolute atomic E-state index is 9.35. The van der Waals surface area contributed by atoms with E-state index in [2.05, 4.69) is 137 Å². The summed E-state index contributed by atoms with van der Waals surface area (Å²) in [4.78, 5) is 3.66. The van der Waals surface area contributed by atoms with Crippen LogP contribution in [0.3, 0.4) is 0 Å². The van der Waals surface area contributed by atoms with Crippen molar-refractivity contribution >= 4 is 34.4 Å². The van der Waals surface area contributed by atoms with Gasteiger partial charge >= 0.3 is 0 Å². The van der Waals surface area contributed by atoms with Crippen molar-refractivity contribution in [2.24, 2.45) is 5.73 Å². The Bertz CT molecular complexity index is 1760. The number of nitrogens with two attached hydrogens (primary N) is 1. The maximum Gasteiger partial charge on any atom is 0.213 e. The quantitative estimate of drug-likeness (QED) is 0.112. The van der Waals surface area contributed by atoms with Gasteiger partial charge in [0, 0.05) is 42.2 Å². The Balaban J connectivity index is 1.38. The Morgan fingerprint density at radius 3 is 2.30 bits per heavy atom. The normalized spacial score (nSPS) is 13.8. The van der Waals surface area contributed by atoms with Crippen LogP contribution in [-0.2, 0) is 6.54 Å². The molecule has 222 valence electrons. The van der Waals surface area contributed by atoms with Gasteiger partial charge in [0.15, 0.2) is 0 Å². The number of unbranched alkanes of at least 4 members (excludes halogenated alkanes) is 2. The van der Waals surface area contributed by atoms with E-state index in [0.29, 0.717) is 6.54 Å². The van der Waals surface area contributed by atoms with Gasteiger partial charge in [-0.05, 0) is 78.9 Å². The van der Waals surface area contributed by atoms with Crippen LogP contribution in [0.5, 0.6) is 0 Å². The summed E-state index contributed by atoms with van der Waals surface area (Å²) in [6.07, 6.45) is 10.5. The average Bonchev–Trinajstić information content (AvgIpc) is 3.43. The van der Waals surface area contributed by atoms with E-state index in [1.54, 1.807) is 0 Å². The molecule has 0 saturated heterocycles. The third kappa shape index (κ3) is 6.66. The predicted molar refractivity (Wildman–Crippen MR) is 186 cm³/mol. The first kappa shape index (κ1) is 29.9. The van der Waals surface area contributed by atoms with E-state index >= 15 is 0 Å². The highest BCUT2D eigenvalue weighted by Crippen LogP contribution is 2.45. The Morgan fingerprint density at radius 2 is 1.48 bits per heavy atom. The van der Waals surface area contributed by atoms with E-state index in [1.807, 2.05) is 11.8 Å². The monoisotopic (exact) mass is 598 g/mol. The molecule has 0 amide bonds. The van der Waals surface area contributed by atoms with Gasteiger partial charge in [0.25, 0.3) is 0 Å². The number of aliphatic hydroxyl groups is 1. The first-order valence-corrected chi connectivity index (χ1v) is 16.4. The van der Waals surface area contributed by atoms with Crippen molar-refractivity contribution in [3.8, 4) is 22.4 Å². The van der Waals surface area contributed by atoms with Crippen LogP contribution in [0.4, 0.5) is 5.69 Å². The highest BCUT2D eigenvalue weighted by molar-refractivity contribution is 8.03. The van der Waals surface area contributed by atoms with E-state index < -0.39 is 0 Å². The number of nitrogens with zero attached hydrogens (tertiary/aromatic N) is 2. The van der Waals surface area contributed by atoms with Crippen molar-refractivity contribution < 1.29 is 9.67 Å². The van der Waals surface area contributed by atoms with Gasteiger partial charge in [-0.3, -0.25) is 0 Å². The molecule has 0 aliphatic carbocycles. The van der Waals surface area contributed by atoms with E-state index in [4.69, 9.17) is 5.73 Å². The molecule has 3 N–H and O–H groups in total. The fourth-order valence-corrected chi connectivity index (χ4v) is 7.01. The van der Waals surface area contributed by atoms with Crippen LogP contribution in [0, 0.1) is 0 Å². The number of hydrogen-bond acceptors (Lipinski definition) is 4. The SMILES string of the molecule is NCCCC[n+]1c(-c2ccc(-c3ccccc3)cc2)cc(C=CC=C2Sc3ccccc3N2CCCCO)c2ccccc21. The Labute approximate surface area is 265 Å². The molecule has 0 fully saturated rings. The molecule has 1 aliphatic heterocycles. The number of aromatic nitrogens is 1. The second-order valence-corrected chi connectivity index (χ2v) is 12.2. The largest absolute Gasteiger partial charge is 0.396 e. The van der Waals surface area contributed by atoms with Gasteiger partial charge in [-0.15, -0.1) is 0 Å². The molecule has 0 bridgehead atoms. The molecule has 5 aromatic rings. The smallest absolute Gasteiger partial charge is 0.213 e. The number of hydrogen-bond donors (Lipinski definition) is 2. The summed E-state index contributed by atoms with van der Waals surface area (Å²) in [7, 11) is 0. The summed E-state index contributed by atoms with van der Waals surface area (Å²) < 4.78 is 2.46. The third-order valence-corrected chi connectivity index (χ3v) is 9.28. The lowest BCUT2D eigenvalue weighted by atomic mass is 9.99. The molecular formula is C39H40N3OS+. The molecule has 0 spiro atoms. The van der Waals surface area contributed by atoms with Crippen molar-refractivity contribution in [3.05, 3.63) is 132 Å². The van der Waals surface area contributed by atoms with Gasteiger partial charge in [-0.2, -0.15) is 4.57 Å². The Hall–Kier alpha value is -4.16. The zero-order chi connectivity index (χ0) is 30.1. The number of fused-ring (bicyclic) bond motifs is 2. The minimum atomic E-state index is 0.228. The minimum Gasteiger partial charge on any atom is -0.396 e. The molecule has 1 aromatic heterocycles. The second kappa shape index (κ2) is 14.5. The van der Waals surface area contributed by atoms with Crippen LogP contribution >= 0.6 is 11.8 Å². The lowest BCUT2D eigenvalue weighted by molar-refractivity contribution is -0.661. The fourth-order valence-electron chi connectivity index (χ4n) is 5.91. The molecule has 0 radical (unpaired) electrons. The van der Waals surface area contributed by atoms with E-state index in [1.165, 1.54) is 54.5 Å². The van der Waals surface area contributed by atoms with Crippen LogP contribution in [0.25, 0.3) is 39.4 Å². The molecule has 4 nitrogen and oxygen atoms in total. The van der Waals surface area contributed by atoms with Crippen molar-refractivity contribution in [2.45, 2.75) is 37.1 Å². The number of pyridine rings is 1. The number of thioether (sulfide) groups is 1. The van der Waals surface area contributed by atoms with E-state index in [9.17, 15) is 5.11 Å². The first-order chi connectivity index (χ1) is 21.8. The molecule has 4 aromatic carbocycles. The lowest BCUT2D eigenvalue weighted by Crippen LogP contribution is -2.37. The van der Waals surface area contributed by atoms with Gasteiger partial charge in [0.05, 0.1) is 16.1 Å². The Morgan fingerprint density at radius 1 is 0.750 bits per heavy atom. The zero-order valence-corrected chi connectivity index (χ0v) is 25.9. The van der Waals surface area contributed by atoms with Crippen molar-refractivity contribution in [1.82, 2.24) is 0 Å². The number of anilines is 1. The average molecular weight is 599 g/mol. The molecular weight excluding hydrogens is 559 g/mol. The highest BCUT2D eigenvalue weighted by atomic mass is 32.2. The number of aliphatic hydroxyl groups excluding tert-OH is 1. The number of allylic oxidation sites excluding steroid dienone is 2. The van der Waals surface area contributed by atoms with Crippen LogP contribution in [0.1, 0.15) is 31.2 Å². The molecule has 0 unspecified atom stereocenters. The number of aryl methyl sites for hydroxylation is 1. The highest BCUT2D eigenvalue weighted by Gasteiger charge is 2.24. The summed E-state index contributed by atoms with van der Waals surface area (Å²) in [5.41, 5.74) is 14.4. The number of rotatable bonds is 12. The van der Waals surface area contributed by atoms with Gasteiger partial charge in [0.2, 0.25) is 11.2 Å². The van der Waals surface area contributed by atoms with Crippen LogP contribution in [-0.4, -0.2) is 24.8 Å². The van der Waals surface area contributed by atoms with Crippen LogP contribution < -0.4 is 15.2 Å². The third-order valence-electron chi connectivity index (χ3n) is 8.15. The fraction of sp³-hybridized carbons (Fsp3) is 0.205. The molecule has 44 heavy (non-hydrogen) atoms. The molecule has 2 heterocycles. The standard InChI is InChI=1S/C39H40N3OS/c40-25-8-9-26-41-35-17-5-4-16-34(35)33(29-37(41)32-23-21-31(22-24-32)30-13-2-1-3-14-30)15-12-20-39-42(27-10-11-28-43)36-18-6-7-19-38(36)44-39/h1-7,12-24,29,43H,8-11,25-28,40H2/q+1. The van der Waals surface area contributed by atoms with E-state index in [-0.39, 0.29) is 6.61 Å². The maximum atomic E-state index is 9.35. The predicted octanol–water partition coefficient (Wildman–Crippen LogP) is 8.44. The summed E-state index contributed by atoms with van der Waals surface area (Å²) in [6, 6.07) is 39.1. The summed E-state index contributed by atoms with van der Waals surface area (Å²) in [5, 5.41) is 11.8. The summed E-state index contributed by atoms with van der Waals surface area (Å²) in [6.45, 7) is 2.74. The zero-order valence-electron chi connectivity index (χ0n) is 25.1. The molecule has 0 saturated carbocycles. The van der Waals surface area contributed by atoms with Crippen molar-refractivity contribution in [3.63, 3.8) is 0 Å². The molecule has 5 heteroatoms. The topological polar surface area (TPSA) is 53.4 Å². The summed E-state index contributed by atoms with van der Waals surface area (Å²) in [5.74, 6) is 0. The molecule has 1 aliphatic rings. The van der Waals surface area contributed by atoms with Crippen LogP contribution in [0.15, 0.2) is 131 Å². The van der Waals surface area contributed by atoms with Crippen molar-refractivity contribution in [1.29, 1.82) is 0 Å². The van der Waals surface area contributed by atoms with Gasteiger partial charge in [0.1, 0.15) is 6.54 Å². The molecule has 0 atom stereocenters. The van der Waals surface area contributed by atoms with Gasteiger partial charge < -0.3 is 15.7 Å². The minimum absolute atomic E-state index is 0.228. The summed E-state index contributed by atoms with van der Waals surface area (Å²) >= 11 is 1.81. The Kier molecular flexibility index (Phi) is 9.88. The van der Waals surface area contributed by atoms with E-state index in [0.717, 1.165) is 38.8 Å². The molecule has 6 rings (SSSR count). The number of benzene rings is 4. The van der Waals surface area contributed by atoms with Gasteiger partial charge in [-0.25, -0.2) is 0 Å². The van der Waals surface area contributed by atoms with Crippen molar-refractivity contribution in [2.75, 3.05) is 24.6 Å². The van der Waals surface area contributed by atoms with Gasteiger partial charge in [-0.1, -0.05) is 90.6 Å². The van der Waals surface area contributed by atoms with Crippen LogP contribution in [0.2, 0.25) is 0 Å². The second-order valence-electron chi connectivity index (χ2n) is 11.1. The number of para-hydroxylation sites is 2. The lowest BCUT2D eigenvalue weighted by Gasteiger charge is -2.20. The first-order valence-electron chi connectivity index (χ1n) is 15.6.